The Bertz CT molecular complexity index is 1060. The molecule has 0 bridgehead atoms. The quantitative estimate of drug-likeness (QED) is 0.339. The Morgan fingerprint density at radius 2 is 1.86 bits per heavy atom. The van der Waals surface area contributed by atoms with Crippen LogP contribution in [-0.4, -0.2) is 61.2 Å². The molecule has 1 aliphatic heterocycles. The van der Waals surface area contributed by atoms with E-state index in [-0.39, 0.29) is 5.82 Å². The number of piperidine rings is 1. The van der Waals surface area contributed by atoms with Crippen LogP contribution in [0.5, 0.6) is 5.75 Å². The van der Waals surface area contributed by atoms with E-state index in [4.69, 9.17) is 29.5 Å². The zero-order valence-corrected chi connectivity index (χ0v) is 20.3. The van der Waals surface area contributed by atoms with Gasteiger partial charge in [-0.1, -0.05) is 23.5 Å². The summed E-state index contributed by atoms with van der Waals surface area (Å²) in [7, 11) is 2.18. The zero-order chi connectivity index (χ0) is 25.2. The summed E-state index contributed by atoms with van der Waals surface area (Å²) in [5, 5.41) is 19.0. The van der Waals surface area contributed by atoms with Crippen molar-refractivity contribution < 1.29 is 28.9 Å². The number of rotatable bonds is 8. The summed E-state index contributed by atoms with van der Waals surface area (Å²) in [6.07, 6.45) is 4.56. The van der Waals surface area contributed by atoms with E-state index in [1.54, 1.807) is 23.5 Å². The Labute approximate surface area is 207 Å². The highest BCUT2D eigenvalue weighted by Crippen LogP contribution is 2.30. The SMILES string of the molecule is CN(c1nc2ccccc2s1)C1CCCN(CCCCOc2ccc(F)cc2)C1.O=C([O-])C(=O)[O-]. The van der Waals surface area contributed by atoms with Crippen LogP contribution in [0.25, 0.3) is 10.2 Å². The first-order valence-electron chi connectivity index (χ1n) is 11.4. The maximum atomic E-state index is 12.9. The normalized spacial score (nSPS) is 15.8. The molecule has 1 unspecified atom stereocenters. The maximum Gasteiger partial charge on any atom is 0.186 e. The third-order valence-corrected chi connectivity index (χ3v) is 6.86. The summed E-state index contributed by atoms with van der Waals surface area (Å²) < 4.78 is 19.9. The number of ether oxygens (including phenoxy) is 1. The number of likely N-dealkylation sites (N-methyl/N-ethyl adjacent to an activating group) is 1. The summed E-state index contributed by atoms with van der Waals surface area (Å²) in [5.41, 5.74) is 1.09. The number of unbranched alkanes of at least 4 members (excludes halogenated alkanes) is 1. The number of halogens is 1. The first-order valence-corrected chi connectivity index (χ1v) is 12.3. The number of likely N-dealkylation sites (tertiary alicyclic amines) is 1. The maximum absolute atomic E-state index is 12.9. The summed E-state index contributed by atoms with van der Waals surface area (Å²) in [6, 6.07) is 15.1. The number of anilines is 1. The summed E-state index contributed by atoms with van der Waals surface area (Å²) in [5.74, 6) is -3.86. The Morgan fingerprint density at radius 3 is 2.54 bits per heavy atom. The van der Waals surface area contributed by atoms with Gasteiger partial charge in [0.2, 0.25) is 0 Å². The van der Waals surface area contributed by atoms with Crippen molar-refractivity contribution in [1.29, 1.82) is 0 Å². The minimum atomic E-state index is -2.19. The van der Waals surface area contributed by atoms with E-state index in [0.29, 0.717) is 12.6 Å². The molecule has 1 saturated heterocycles. The molecule has 1 aliphatic rings. The Kier molecular flexibility index (Phi) is 9.80. The van der Waals surface area contributed by atoms with Crippen molar-refractivity contribution in [2.75, 3.05) is 38.2 Å². The van der Waals surface area contributed by atoms with Crippen LogP contribution in [0.15, 0.2) is 48.5 Å². The number of hydrogen-bond donors (Lipinski definition) is 0. The predicted octanol–water partition coefficient (Wildman–Crippen LogP) is 1.68. The summed E-state index contributed by atoms with van der Waals surface area (Å²) in [6.45, 7) is 4.03. The van der Waals surface area contributed by atoms with E-state index >= 15 is 0 Å². The largest absolute Gasteiger partial charge is 0.543 e. The average molecular weight is 502 g/mol. The van der Waals surface area contributed by atoms with Gasteiger partial charge >= 0.3 is 0 Å². The van der Waals surface area contributed by atoms with Gasteiger partial charge in [-0.05, 0) is 75.2 Å². The molecule has 0 amide bonds. The second-order valence-electron chi connectivity index (χ2n) is 8.26. The van der Waals surface area contributed by atoms with Crippen LogP contribution < -0.4 is 19.8 Å². The number of carbonyl (C=O) groups is 2. The van der Waals surface area contributed by atoms with Crippen molar-refractivity contribution >= 4 is 38.6 Å². The Hall–Kier alpha value is -3.24. The van der Waals surface area contributed by atoms with E-state index in [0.717, 1.165) is 42.3 Å². The van der Waals surface area contributed by atoms with Gasteiger partial charge in [-0.15, -0.1) is 0 Å². The molecule has 3 aromatic rings. The van der Waals surface area contributed by atoms with Gasteiger partial charge in [0, 0.05) is 19.6 Å². The number of carbonyl (C=O) groups excluding carboxylic acids is 2. The minimum absolute atomic E-state index is 0.229. The van der Waals surface area contributed by atoms with Crippen molar-refractivity contribution in [2.45, 2.75) is 31.7 Å². The molecule has 8 nitrogen and oxygen atoms in total. The molecular formula is C25H28FN3O5S-2. The number of aliphatic carboxylic acids is 2. The molecule has 10 heteroatoms. The molecule has 2 heterocycles. The number of carboxylic acids is 2. The van der Waals surface area contributed by atoms with E-state index in [9.17, 15) is 4.39 Å². The molecule has 0 radical (unpaired) electrons. The van der Waals surface area contributed by atoms with Crippen LogP contribution in [0.1, 0.15) is 25.7 Å². The number of para-hydroxylation sites is 1. The highest BCUT2D eigenvalue weighted by molar-refractivity contribution is 7.22. The van der Waals surface area contributed by atoms with Crippen LogP contribution in [0, 0.1) is 5.82 Å². The summed E-state index contributed by atoms with van der Waals surface area (Å²) >= 11 is 1.78. The first-order chi connectivity index (χ1) is 16.8. The lowest BCUT2D eigenvalue weighted by atomic mass is 10.0. The Morgan fingerprint density at radius 1 is 1.14 bits per heavy atom. The van der Waals surface area contributed by atoms with Crippen LogP contribution in [0.2, 0.25) is 0 Å². The average Bonchev–Trinajstić information content (AvgIpc) is 3.29. The highest BCUT2D eigenvalue weighted by Gasteiger charge is 2.24. The lowest BCUT2D eigenvalue weighted by molar-refractivity contribution is -0.345. The number of carboxylic acid groups (broad SMARTS) is 2. The van der Waals surface area contributed by atoms with E-state index < -0.39 is 11.9 Å². The third kappa shape index (κ3) is 8.18. The zero-order valence-electron chi connectivity index (χ0n) is 19.5. The van der Waals surface area contributed by atoms with Crippen LogP contribution in [-0.2, 0) is 9.59 Å². The van der Waals surface area contributed by atoms with Crippen molar-refractivity contribution in [3.05, 3.63) is 54.3 Å². The van der Waals surface area contributed by atoms with Gasteiger partial charge in [0.15, 0.2) is 5.13 Å². The Balaban J connectivity index is 0.000000509. The monoisotopic (exact) mass is 501 g/mol. The van der Waals surface area contributed by atoms with Crippen molar-refractivity contribution in [3.8, 4) is 5.75 Å². The molecule has 0 aliphatic carbocycles. The topological polar surface area (TPSA) is 109 Å². The second-order valence-corrected chi connectivity index (χ2v) is 9.27. The van der Waals surface area contributed by atoms with Gasteiger partial charge in [-0.25, -0.2) is 9.37 Å². The lowest BCUT2D eigenvalue weighted by Crippen LogP contribution is -2.46. The molecule has 0 spiro atoms. The molecule has 188 valence electrons. The van der Waals surface area contributed by atoms with Gasteiger partial charge in [0.05, 0.1) is 28.8 Å². The predicted molar refractivity (Wildman–Crippen MR) is 129 cm³/mol. The number of hydrogen-bond acceptors (Lipinski definition) is 9. The fraction of sp³-hybridized carbons (Fsp3) is 0.400. The minimum Gasteiger partial charge on any atom is -0.543 e. The second kappa shape index (κ2) is 13.0. The van der Waals surface area contributed by atoms with Crippen molar-refractivity contribution in [3.63, 3.8) is 0 Å². The van der Waals surface area contributed by atoms with Gasteiger partial charge in [0.25, 0.3) is 0 Å². The fourth-order valence-corrected chi connectivity index (χ4v) is 4.87. The van der Waals surface area contributed by atoms with Crippen LogP contribution in [0.4, 0.5) is 9.52 Å². The molecule has 1 aromatic heterocycles. The fourth-order valence-electron chi connectivity index (χ4n) is 3.88. The third-order valence-electron chi connectivity index (χ3n) is 5.73. The number of nitrogens with zero attached hydrogens (tertiary/aromatic N) is 3. The number of benzene rings is 2. The molecule has 1 fully saturated rings. The summed E-state index contributed by atoms with van der Waals surface area (Å²) in [4.78, 5) is 27.6. The number of fused-ring (bicyclic) bond motifs is 1. The molecule has 2 aromatic carbocycles. The number of aromatic nitrogens is 1. The molecule has 0 saturated carbocycles. The van der Waals surface area contributed by atoms with Crippen LogP contribution in [0.3, 0.4) is 0 Å². The number of thiazole rings is 1. The van der Waals surface area contributed by atoms with Gasteiger partial charge in [0.1, 0.15) is 11.6 Å². The first kappa shape index (κ1) is 26.4. The highest BCUT2D eigenvalue weighted by atomic mass is 32.1. The lowest BCUT2D eigenvalue weighted by Gasteiger charge is -2.37. The van der Waals surface area contributed by atoms with E-state index in [1.807, 2.05) is 6.07 Å². The molecular weight excluding hydrogens is 473 g/mol. The van der Waals surface area contributed by atoms with Gasteiger partial charge in [-0.3, -0.25) is 0 Å². The standard InChI is InChI=1S/C23H28FN3OS.C2H2O4/c1-26(23-25-21-8-2-3-9-22(21)29-23)19-7-6-15-27(17-19)14-4-5-16-28-20-12-10-18(24)11-13-20;3-1(4)2(5)6/h2-3,8-13,19H,4-7,14-17H2,1H3;(H,3,4)(H,5,6)/p-2. The van der Waals surface area contributed by atoms with Crippen molar-refractivity contribution in [2.24, 2.45) is 0 Å². The van der Waals surface area contributed by atoms with Gasteiger partial charge < -0.3 is 34.3 Å². The van der Waals surface area contributed by atoms with Crippen LogP contribution >= 0.6 is 11.3 Å². The smallest absolute Gasteiger partial charge is 0.186 e. The molecule has 35 heavy (non-hydrogen) atoms. The molecule has 4 rings (SSSR count). The molecule has 0 N–H and O–H groups in total. The van der Waals surface area contributed by atoms with Crippen molar-refractivity contribution in [1.82, 2.24) is 9.88 Å². The van der Waals surface area contributed by atoms with E-state index in [2.05, 4.69) is 35.0 Å². The van der Waals surface area contributed by atoms with Gasteiger partial charge in [-0.2, -0.15) is 0 Å². The molecule has 1 atom stereocenters. The van der Waals surface area contributed by atoms with E-state index in [1.165, 1.54) is 36.2 Å².